The number of hydrogen-bond donors (Lipinski definition) is 1. The van der Waals surface area contributed by atoms with Crippen LogP contribution in [0, 0.1) is 5.92 Å². The maximum absolute atomic E-state index is 6.34. The highest BCUT2D eigenvalue weighted by molar-refractivity contribution is 5.86. The molecule has 0 aliphatic heterocycles. The molecule has 3 nitrogen and oxygen atoms in total. The van der Waals surface area contributed by atoms with E-state index in [-0.39, 0.29) is 0 Å². The van der Waals surface area contributed by atoms with Crippen LogP contribution in [0.2, 0.25) is 0 Å². The number of benzene rings is 1. The van der Waals surface area contributed by atoms with Crippen molar-refractivity contribution in [2.75, 3.05) is 0 Å². The summed E-state index contributed by atoms with van der Waals surface area (Å²) in [6.07, 6.45) is 7.03. The van der Waals surface area contributed by atoms with Crippen LogP contribution in [-0.4, -0.2) is 11.1 Å². The zero-order valence-electron chi connectivity index (χ0n) is 12.0. The lowest BCUT2D eigenvalue weighted by molar-refractivity contribution is 0.129. The highest BCUT2D eigenvalue weighted by Gasteiger charge is 2.22. The van der Waals surface area contributed by atoms with Gasteiger partial charge in [0.25, 0.3) is 0 Å². The lowest BCUT2D eigenvalue weighted by Gasteiger charge is -2.28. The molecule has 0 saturated heterocycles. The van der Waals surface area contributed by atoms with Crippen molar-refractivity contribution in [2.24, 2.45) is 11.7 Å². The molecule has 1 aliphatic rings. The second-order valence-corrected chi connectivity index (χ2v) is 5.85. The maximum Gasteiger partial charge on any atom is 0.135 e. The molecule has 1 saturated carbocycles. The highest BCUT2D eigenvalue weighted by Crippen LogP contribution is 2.33. The molecule has 0 spiro atoms. The Morgan fingerprint density at radius 3 is 2.95 bits per heavy atom. The zero-order chi connectivity index (χ0) is 13.9. The average molecular weight is 270 g/mol. The van der Waals surface area contributed by atoms with E-state index in [4.69, 9.17) is 10.5 Å². The van der Waals surface area contributed by atoms with Crippen LogP contribution in [0.4, 0.5) is 0 Å². The number of nitrogens with zero attached hydrogens (tertiary/aromatic N) is 1. The summed E-state index contributed by atoms with van der Waals surface area (Å²) in [5.74, 6) is 1.69. The number of ether oxygens (including phenoxy) is 1. The van der Waals surface area contributed by atoms with E-state index in [0.29, 0.717) is 12.6 Å². The van der Waals surface area contributed by atoms with Gasteiger partial charge in [-0.15, -0.1) is 0 Å². The molecular weight excluding hydrogens is 248 g/mol. The topological polar surface area (TPSA) is 48.1 Å². The van der Waals surface area contributed by atoms with Crippen LogP contribution >= 0.6 is 0 Å². The Labute approximate surface area is 120 Å². The second kappa shape index (κ2) is 5.80. The second-order valence-electron chi connectivity index (χ2n) is 5.85. The Balaban J connectivity index is 1.96. The first-order chi connectivity index (χ1) is 9.78. The van der Waals surface area contributed by atoms with E-state index in [9.17, 15) is 0 Å². The third kappa shape index (κ3) is 2.63. The lowest BCUT2D eigenvalue weighted by Crippen LogP contribution is -2.24. The molecule has 1 aliphatic carbocycles. The molecule has 1 aromatic carbocycles. The predicted octanol–water partition coefficient (Wildman–Crippen LogP) is 3.65. The van der Waals surface area contributed by atoms with E-state index in [1.54, 1.807) is 0 Å². The van der Waals surface area contributed by atoms with Crippen LogP contribution in [0.3, 0.4) is 0 Å². The molecule has 0 radical (unpaired) electrons. The molecule has 2 aromatic rings. The Bertz CT molecular complexity index is 597. The minimum Gasteiger partial charge on any atom is -0.489 e. The number of pyridine rings is 1. The molecule has 106 valence electrons. The zero-order valence-corrected chi connectivity index (χ0v) is 12.0. The molecule has 3 heteroatoms. The maximum atomic E-state index is 6.34. The van der Waals surface area contributed by atoms with Gasteiger partial charge in [0.15, 0.2) is 0 Å². The largest absolute Gasteiger partial charge is 0.489 e. The summed E-state index contributed by atoms with van der Waals surface area (Å²) in [5, 5.41) is 1.08. The summed E-state index contributed by atoms with van der Waals surface area (Å²) >= 11 is 0. The van der Waals surface area contributed by atoms with Gasteiger partial charge in [0.1, 0.15) is 5.75 Å². The van der Waals surface area contributed by atoms with Crippen molar-refractivity contribution >= 4 is 10.9 Å². The van der Waals surface area contributed by atoms with Crippen LogP contribution in [0.1, 0.15) is 38.2 Å². The number of rotatable bonds is 3. The van der Waals surface area contributed by atoms with Gasteiger partial charge in [0.2, 0.25) is 0 Å². The monoisotopic (exact) mass is 270 g/mol. The number of hydrogen-bond acceptors (Lipinski definition) is 3. The van der Waals surface area contributed by atoms with Gasteiger partial charge in [0.05, 0.1) is 11.6 Å². The van der Waals surface area contributed by atoms with Gasteiger partial charge in [-0.25, -0.2) is 0 Å². The van der Waals surface area contributed by atoms with Gasteiger partial charge >= 0.3 is 0 Å². The Morgan fingerprint density at radius 1 is 1.30 bits per heavy atom. The molecule has 0 bridgehead atoms. The number of para-hydroxylation sites is 1. The summed E-state index contributed by atoms with van der Waals surface area (Å²) in [6, 6.07) is 8.12. The molecule has 20 heavy (non-hydrogen) atoms. The van der Waals surface area contributed by atoms with Crippen LogP contribution in [0.5, 0.6) is 5.75 Å². The van der Waals surface area contributed by atoms with Crippen LogP contribution in [0.15, 0.2) is 30.5 Å². The Morgan fingerprint density at radius 2 is 2.15 bits per heavy atom. The van der Waals surface area contributed by atoms with E-state index in [0.717, 1.165) is 41.0 Å². The highest BCUT2D eigenvalue weighted by atomic mass is 16.5. The van der Waals surface area contributed by atoms with Crippen molar-refractivity contribution in [1.29, 1.82) is 0 Å². The minimum atomic E-state index is 0.315. The van der Waals surface area contributed by atoms with Crippen molar-refractivity contribution in [3.05, 3.63) is 36.0 Å². The molecule has 1 heterocycles. The summed E-state index contributed by atoms with van der Waals surface area (Å²) in [5.41, 5.74) is 7.83. The molecule has 2 unspecified atom stereocenters. The third-order valence-electron chi connectivity index (χ3n) is 4.19. The van der Waals surface area contributed by atoms with E-state index in [1.165, 1.54) is 12.8 Å². The molecular formula is C17H22N2O. The summed E-state index contributed by atoms with van der Waals surface area (Å²) in [4.78, 5) is 4.46. The quantitative estimate of drug-likeness (QED) is 0.926. The van der Waals surface area contributed by atoms with Gasteiger partial charge in [0, 0.05) is 23.7 Å². The fraction of sp³-hybridized carbons (Fsp3) is 0.471. The smallest absolute Gasteiger partial charge is 0.135 e. The van der Waals surface area contributed by atoms with Gasteiger partial charge in [-0.05, 0) is 37.3 Å². The first kappa shape index (κ1) is 13.4. The minimum absolute atomic E-state index is 0.315. The molecule has 1 fully saturated rings. The summed E-state index contributed by atoms with van der Waals surface area (Å²) < 4.78 is 6.34. The molecule has 3 rings (SSSR count). The number of fused-ring (bicyclic) bond motifs is 1. The standard InChI is InChI=1S/C17H22N2O/c1-12-5-4-6-14(9-12)20-17-13(10-18)11-19-16-8-3-2-7-15(16)17/h2-3,7-8,11-12,14H,4-6,9-10,18H2,1H3. The average Bonchev–Trinajstić information content (AvgIpc) is 2.48. The number of aromatic nitrogens is 1. The van der Waals surface area contributed by atoms with Gasteiger partial charge < -0.3 is 10.5 Å². The molecule has 2 N–H and O–H groups in total. The fourth-order valence-corrected chi connectivity index (χ4v) is 3.09. The van der Waals surface area contributed by atoms with Gasteiger partial charge in [-0.2, -0.15) is 0 Å². The van der Waals surface area contributed by atoms with E-state index < -0.39 is 0 Å². The van der Waals surface area contributed by atoms with Crippen molar-refractivity contribution in [3.63, 3.8) is 0 Å². The van der Waals surface area contributed by atoms with E-state index in [2.05, 4.69) is 18.0 Å². The molecule has 0 amide bonds. The molecule has 2 atom stereocenters. The van der Waals surface area contributed by atoms with Crippen molar-refractivity contribution in [2.45, 2.75) is 45.3 Å². The lowest BCUT2D eigenvalue weighted by atomic mass is 9.88. The van der Waals surface area contributed by atoms with Crippen molar-refractivity contribution in [3.8, 4) is 5.75 Å². The summed E-state index contributed by atoms with van der Waals surface area (Å²) in [7, 11) is 0. The van der Waals surface area contributed by atoms with Crippen LogP contribution in [-0.2, 0) is 6.54 Å². The van der Waals surface area contributed by atoms with Crippen LogP contribution < -0.4 is 10.5 Å². The first-order valence-electron chi connectivity index (χ1n) is 7.51. The third-order valence-corrected chi connectivity index (χ3v) is 4.19. The SMILES string of the molecule is CC1CCCC(Oc2c(CN)cnc3ccccc23)C1. The number of nitrogens with two attached hydrogens (primary N) is 1. The summed E-state index contributed by atoms with van der Waals surface area (Å²) in [6.45, 7) is 2.78. The first-order valence-corrected chi connectivity index (χ1v) is 7.51. The van der Waals surface area contributed by atoms with Crippen molar-refractivity contribution < 1.29 is 4.74 Å². The van der Waals surface area contributed by atoms with Crippen LogP contribution in [0.25, 0.3) is 10.9 Å². The normalized spacial score (nSPS) is 22.9. The molecule has 1 aromatic heterocycles. The predicted molar refractivity (Wildman–Crippen MR) is 81.7 cm³/mol. The Hall–Kier alpha value is -1.61. The van der Waals surface area contributed by atoms with Gasteiger partial charge in [-0.1, -0.05) is 25.5 Å². The fourth-order valence-electron chi connectivity index (χ4n) is 3.09. The van der Waals surface area contributed by atoms with Gasteiger partial charge in [-0.3, -0.25) is 4.98 Å². The van der Waals surface area contributed by atoms with Crippen molar-refractivity contribution in [1.82, 2.24) is 4.98 Å². The van der Waals surface area contributed by atoms with E-state index >= 15 is 0 Å². The van der Waals surface area contributed by atoms with E-state index in [1.807, 2.05) is 24.4 Å². The Kier molecular flexibility index (Phi) is 3.88.